The van der Waals surface area contributed by atoms with Crippen LogP contribution in [0.2, 0.25) is 0 Å². The maximum Gasteiger partial charge on any atom is 0.337 e. The summed E-state index contributed by atoms with van der Waals surface area (Å²) in [7, 11) is 1.33. The third-order valence-electron chi connectivity index (χ3n) is 4.28. The lowest BCUT2D eigenvalue weighted by Gasteiger charge is -2.29. The molecule has 2 aromatic rings. The number of thiazole rings is 1. The summed E-state index contributed by atoms with van der Waals surface area (Å²) in [4.78, 5) is 32.0. The van der Waals surface area contributed by atoms with Crippen LogP contribution in [-0.4, -0.2) is 41.5 Å². The molecule has 0 atom stereocenters. The van der Waals surface area contributed by atoms with Crippen molar-refractivity contribution in [3.8, 4) is 0 Å². The third-order valence-corrected chi connectivity index (χ3v) is 5.28. The van der Waals surface area contributed by atoms with Crippen molar-refractivity contribution in [3.63, 3.8) is 0 Å². The maximum atomic E-state index is 12.4. The molecule has 0 aliphatic carbocycles. The number of carbonyl (C=O) groups is 2. The van der Waals surface area contributed by atoms with Crippen LogP contribution in [0.1, 0.15) is 45.1 Å². The molecule has 1 aromatic carbocycles. The van der Waals surface area contributed by atoms with E-state index in [0.717, 1.165) is 25.2 Å². The van der Waals surface area contributed by atoms with E-state index in [1.54, 1.807) is 24.3 Å². The monoisotopic (exact) mass is 359 g/mol. The summed E-state index contributed by atoms with van der Waals surface area (Å²) in [6.07, 6.45) is 0.910. The Bertz CT molecular complexity index is 783. The SMILES string of the molecule is COC(=O)c1ccc(C(=O)Nc2nc3c(s2)CN(C(C)C)CC3)cc1. The molecule has 1 aliphatic heterocycles. The molecule has 1 amide bonds. The summed E-state index contributed by atoms with van der Waals surface area (Å²) in [6, 6.07) is 6.87. The van der Waals surface area contributed by atoms with Crippen LogP contribution in [0.5, 0.6) is 0 Å². The molecule has 0 unspecified atom stereocenters. The Hall–Kier alpha value is -2.25. The second kappa shape index (κ2) is 7.33. The number of ether oxygens (including phenoxy) is 1. The summed E-state index contributed by atoms with van der Waals surface area (Å²) in [6.45, 7) is 6.25. The Morgan fingerprint density at radius 2 is 1.92 bits per heavy atom. The molecular formula is C18H21N3O3S. The minimum atomic E-state index is -0.422. The van der Waals surface area contributed by atoms with Gasteiger partial charge in [0.25, 0.3) is 5.91 Å². The largest absolute Gasteiger partial charge is 0.465 e. The van der Waals surface area contributed by atoms with Gasteiger partial charge in [0.05, 0.1) is 18.4 Å². The molecule has 7 heteroatoms. The summed E-state index contributed by atoms with van der Waals surface area (Å²) in [5.41, 5.74) is 1.97. The molecule has 0 saturated carbocycles. The predicted octanol–water partition coefficient (Wildman–Crippen LogP) is 2.95. The molecular weight excluding hydrogens is 338 g/mol. The van der Waals surface area contributed by atoms with Crippen LogP contribution in [-0.2, 0) is 17.7 Å². The Morgan fingerprint density at radius 3 is 2.56 bits per heavy atom. The van der Waals surface area contributed by atoms with Crippen LogP contribution in [0.4, 0.5) is 5.13 Å². The molecule has 25 heavy (non-hydrogen) atoms. The van der Waals surface area contributed by atoms with Crippen molar-refractivity contribution >= 4 is 28.3 Å². The standard InChI is InChI=1S/C18H21N3O3S/c1-11(2)21-9-8-14-15(10-21)25-18(19-14)20-16(22)12-4-6-13(7-5-12)17(23)24-3/h4-7,11H,8-10H2,1-3H3,(H,19,20,22). The number of benzene rings is 1. The number of hydrogen-bond donors (Lipinski definition) is 1. The second-order valence-corrected chi connectivity index (χ2v) is 7.31. The quantitative estimate of drug-likeness (QED) is 0.850. The molecule has 0 saturated heterocycles. The van der Waals surface area contributed by atoms with E-state index in [4.69, 9.17) is 0 Å². The number of rotatable bonds is 4. The summed E-state index contributed by atoms with van der Waals surface area (Å²) < 4.78 is 4.65. The fraction of sp³-hybridized carbons (Fsp3) is 0.389. The van der Waals surface area contributed by atoms with Gasteiger partial charge < -0.3 is 4.74 Å². The van der Waals surface area contributed by atoms with E-state index in [-0.39, 0.29) is 5.91 Å². The number of hydrogen-bond acceptors (Lipinski definition) is 6. The number of amides is 1. The normalized spacial score (nSPS) is 14.2. The average molecular weight is 359 g/mol. The lowest BCUT2D eigenvalue weighted by Crippen LogP contribution is -2.35. The van der Waals surface area contributed by atoms with Crippen molar-refractivity contribution in [1.29, 1.82) is 0 Å². The first kappa shape index (κ1) is 17.6. The molecule has 1 aromatic heterocycles. The summed E-state index contributed by atoms with van der Waals surface area (Å²) in [5.74, 6) is -0.655. The number of methoxy groups -OCH3 is 1. The molecule has 1 N–H and O–H groups in total. The van der Waals surface area contributed by atoms with E-state index in [2.05, 4.69) is 33.8 Å². The highest BCUT2D eigenvalue weighted by Gasteiger charge is 2.23. The average Bonchev–Trinajstić information content (AvgIpc) is 3.02. The molecule has 0 spiro atoms. The minimum Gasteiger partial charge on any atom is -0.465 e. The van der Waals surface area contributed by atoms with Crippen molar-refractivity contribution in [2.75, 3.05) is 19.0 Å². The number of nitrogens with zero attached hydrogens (tertiary/aromatic N) is 2. The van der Waals surface area contributed by atoms with Crippen LogP contribution < -0.4 is 5.32 Å². The highest BCUT2D eigenvalue weighted by atomic mass is 32.1. The number of fused-ring (bicyclic) bond motifs is 1. The highest BCUT2D eigenvalue weighted by molar-refractivity contribution is 7.15. The number of anilines is 1. The molecule has 3 rings (SSSR count). The van der Waals surface area contributed by atoms with Gasteiger partial charge in [0.2, 0.25) is 0 Å². The Labute approximate surface area is 150 Å². The third kappa shape index (κ3) is 3.88. The molecule has 132 valence electrons. The first-order valence-corrected chi connectivity index (χ1v) is 9.02. The number of esters is 1. The van der Waals surface area contributed by atoms with E-state index in [1.807, 2.05) is 0 Å². The van der Waals surface area contributed by atoms with Crippen molar-refractivity contribution in [2.45, 2.75) is 32.9 Å². The van der Waals surface area contributed by atoms with Gasteiger partial charge in [-0.2, -0.15) is 0 Å². The predicted molar refractivity (Wildman–Crippen MR) is 97.1 cm³/mol. The Kier molecular flexibility index (Phi) is 5.15. The van der Waals surface area contributed by atoms with Gasteiger partial charge >= 0.3 is 5.97 Å². The first-order chi connectivity index (χ1) is 12.0. The number of carbonyl (C=O) groups excluding carboxylic acids is 2. The zero-order valence-corrected chi connectivity index (χ0v) is 15.4. The van der Waals surface area contributed by atoms with Crippen molar-refractivity contribution < 1.29 is 14.3 Å². The number of aromatic nitrogens is 1. The zero-order valence-electron chi connectivity index (χ0n) is 14.5. The molecule has 2 heterocycles. The van der Waals surface area contributed by atoms with Crippen LogP contribution in [0, 0.1) is 0 Å². The molecule has 0 bridgehead atoms. The van der Waals surface area contributed by atoms with Crippen LogP contribution in [0.25, 0.3) is 0 Å². The van der Waals surface area contributed by atoms with E-state index in [0.29, 0.717) is 22.3 Å². The fourth-order valence-electron chi connectivity index (χ4n) is 2.75. The van der Waals surface area contributed by atoms with Crippen LogP contribution in [0.3, 0.4) is 0 Å². The van der Waals surface area contributed by atoms with Gasteiger partial charge in [0.15, 0.2) is 5.13 Å². The lowest BCUT2D eigenvalue weighted by atomic mass is 10.1. The minimum absolute atomic E-state index is 0.233. The fourth-order valence-corrected chi connectivity index (χ4v) is 3.78. The second-order valence-electron chi connectivity index (χ2n) is 6.23. The van der Waals surface area contributed by atoms with Gasteiger partial charge in [-0.15, -0.1) is 11.3 Å². The highest BCUT2D eigenvalue weighted by Crippen LogP contribution is 2.29. The first-order valence-electron chi connectivity index (χ1n) is 8.20. The van der Waals surface area contributed by atoms with Gasteiger partial charge in [-0.1, -0.05) is 0 Å². The summed E-state index contributed by atoms with van der Waals surface area (Å²) in [5, 5.41) is 3.48. The molecule has 0 fully saturated rings. The van der Waals surface area contributed by atoms with Gasteiger partial charge in [-0.05, 0) is 38.1 Å². The van der Waals surface area contributed by atoms with Crippen molar-refractivity contribution in [1.82, 2.24) is 9.88 Å². The van der Waals surface area contributed by atoms with Crippen molar-refractivity contribution in [3.05, 3.63) is 46.0 Å². The van der Waals surface area contributed by atoms with Gasteiger partial charge in [-0.25, -0.2) is 9.78 Å². The van der Waals surface area contributed by atoms with E-state index in [9.17, 15) is 9.59 Å². The number of nitrogens with one attached hydrogen (secondary N) is 1. The van der Waals surface area contributed by atoms with E-state index >= 15 is 0 Å². The molecule has 6 nitrogen and oxygen atoms in total. The lowest BCUT2D eigenvalue weighted by molar-refractivity contribution is 0.0600. The van der Waals surface area contributed by atoms with Crippen molar-refractivity contribution in [2.24, 2.45) is 0 Å². The van der Waals surface area contributed by atoms with E-state index in [1.165, 1.54) is 23.3 Å². The smallest absolute Gasteiger partial charge is 0.337 e. The topological polar surface area (TPSA) is 71.5 Å². The van der Waals surface area contributed by atoms with Crippen LogP contribution in [0.15, 0.2) is 24.3 Å². The Morgan fingerprint density at radius 1 is 1.24 bits per heavy atom. The molecule has 0 radical (unpaired) electrons. The Balaban J connectivity index is 1.69. The summed E-state index contributed by atoms with van der Waals surface area (Å²) >= 11 is 1.53. The van der Waals surface area contributed by atoms with Gasteiger partial charge in [-0.3, -0.25) is 15.0 Å². The molecule has 1 aliphatic rings. The van der Waals surface area contributed by atoms with Gasteiger partial charge in [0, 0.05) is 36.0 Å². The van der Waals surface area contributed by atoms with E-state index < -0.39 is 5.97 Å². The van der Waals surface area contributed by atoms with Crippen LogP contribution >= 0.6 is 11.3 Å². The maximum absolute atomic E-state index is 12.4. The van der Waals surface area contributed by atoms with Gasteiger partial charge in [0.1, 0.15) is 0 Å². The zero-order chi connectivity index (χ0) is 18.0.